The lowest BCUT2D eigenvalue weighted by Gasteiger charge is -2.10. The fourth-order valence-corrected chi connectivity index (χ4v) is 1.62. The first kappa shape index (κ1) is 16.2. The van der Waals surface area contributed by atoms with Crippen LogP contribution in [0.2, 0.25) is 0 Å². The molecule has 0 saturated carbocycles. The number of hydrogen-bond acceptors (Lipinski definition) is 5. The summed E-state index contributed by atoms with van der Waals surface area (Å²) >= 11 is 0. The van der Waals surface area contributed by atoms with E-state index < -0.39 is 0 Å². The zero-order chi connectivity index (χ0) is 14.8. The van der Waals surface area contributed by atoms with Crippen molar-refractivity contribution in [1.82, 2.24) is 0 Å². The molecule has 0 amide bonds. The van der Waals surface area contributed by atoms with Crippen molar-refractivity contribution in [2.45, 2.75) is 13.3 Å². The summed E-state index contributed by atoms with van der Waals surface area (Å²) in [5, 5.41) is 8.86. The van der Waals surface area contributed by atoms with E-state index in [-0.39, 0.29) is 5.78 Å². The molecule has 0 fully saturated rings. The van der Waals surface area contributed by atoms with Crippen LogP contribution >= 0.6 is 0 Å². The van der Waals surface area contributed by atoms with Gasteiger partial charge in [0.15, 0.2) is 5.78 Å². The van der Waals surface area contributed by atoms with E-state index in [2.05, 4.69) is 0 Å². The summed E-state index contributed by atoms with van der Waals surface area (Å²) in [4.78, 5) is 11.5. The number of methoxy groups -OCH3 is 1. The third kappa shape index (κ3) is 5.39. The van der Waals surface area contributed by atoms with Gasteiger partial charge in [0.2, 0.25) is 0 Å². The van der Waals surface area contributed by atoms with Gasteiger partial charge in [0, 0.05) is 20.3 Å². The van der Waals surface area contributed by atoms with Gasteiger partial charge in [-0.15, -0.1) is 0 Å². The zero-order valence-corrected chi connectivity index (χ0v) is 11.8. The average Bonchev–Trinajstić information content (AvgIpc) is 2.45. The van der Waals surface area contributed by atoms with Crippen molar-refractivity contribution in [3.8, 4) is 11.8 Å². The second kappa shape index (κ2) is 9.08. The van der Waals surface area contributed by atoms with Gasteiger partial charge in [-0.05, 0) is 31.5 Å². The van der Waals surface area contributed by atoms with Crippen LogP contribution in [0.3, 0.4) is 0 Å². The van der Waals surface area contributed by atoms with Gasteiger partial charge in [-0.3, -0.25) is 4.79 Å². The molecule has 0 radical (unpaired) electrons. The lowest BCUT2D eigenvalue weighted by Crippen LogP contribution is -2.10. The molecule has 0 heterocycles. The molecular weight excluding hydrogens is 258 g/mol. The van der Waals surface area contributed by atoms with Gasteiger partial charge in [-0.2, -0.15) is 5.26 Å². The maximum Gasteiger partial charge on any atom is 0.163 e. The largest absolute Gasteiger partial charge is 0.490 e. The van der Waals surface area contributed by atoms with Gasteiger partial charge in [-0.1, -0.05) is 0 Å². The number of hydrogen-bond donors (Lipinski definition) is 0. The predicted molar refractivity (Wildman–Crippen MR) is 74.0 cm³/mol. The molecule has 1 aromatic carbocycles. The van der Waals surface area contributed by atoms with Gasteiger partial charge in [0.05, 0.1) is 23.8 Å². The van der Waals surface area contributed by atoms with Gasteiger partial charge in [0.25, 0.3) is 0 Å². The van der Waals surface area contributed by atoms with Gasteiger partial charge in [-0.25, -0.2) is 0 Å². The number of rotatable bonds is 9. The second-order valence-corrected chi connectivity index (χ2v) is 4.19. The molecule has 0 unspecified atom stereocenters. The van der Waals surface area contributed by atoms with Crippen LogP contribution < -0.4 is 4.74 Å². The molecule has 1 rings (SSSR count). The lowest BCUT2D eigenvalue weighted by atomic mass is 10.1. The van der Waals surface area contributed by atoms with Crippen LogP contribution in [0.25, 0.3) is 0 Å². The first-order chi connectivity index (χ1) is 9.69. The Kier molecular flexibility index (Phi) is 7.33. The van der Waals surface area contributed by atoms with Crippen molar-refractivity contribution in [3.63, 3.8) is 0 Å². The SMILES string of the molecule is COCCCOCCOc1cc(C#N)ccc1C(C)=O. The maximum atomic E-state index is 11.5. The number of carbonyl (C=O) groups excluding carboxylic acids is 1. The molecule has 0 aliphatic rings. The topological polar surface area (TPSA) is 68.6 Å². The third-order valence-corrected chi connectivity index (χ3v) is 2.61. The molecule has 0 spiro atoms. The summed E-state index contributed by atoms with van der Waals surface area (Å²) in [7, 11) is 1.65. The molecular formula is C15H19NO4. The van der Waals surface area contributed by atoms with Crippen LogP contribution in [-0.2, 0) is 9.47 Å². The minimum absolute atomic E-state index is 0.0921. The summed E-state index contributed by atoms with van der Waals surface area (Å²) in [6.07, 6.45) is 0.832. The van der Waals surface area contributed by atoms with E-state index in [9.17, 15) is 4.79 Å². The summed E-state index contributed by atoms with van der Waals surface area (Å²) in [5.74, 6) is 0.336. The molecule has 0 N–H and O–H groups in total. The summed E-state index contributed by atoms with van der Waals surface area (Å²) in [6, 6.07) is 6.80. The number of ether oxygens (including phenoxy) is 3. The molecule has 108 valence electrons. The highest BCUT2D eigenvalue weighted by atomic mass is 16.5. The molecule has 0 aliphatic heterocycles. The van der Waals surface area contributed by atoms with Crippen LogP contribution in [0.15, 0.2) is 18.2 Å². The Labute approximate surface area is 119 Å². The normalized spacial score (nSPS) is 10.1. The number of benzene rings is 1. The first-order valence-corrected chi connectivity index (χ1v) is 6.43. The van der Waals surface area contributed by atoms with E-state index in [1.807, 2.05) is 6.07 Å². The molecule has 0 aliphatic carbocycles. The molecule has 1 aromatic rings. The van der Waals surface area contributed by atoms with Crippen molar-refractivity contribution >= 4 is 5.78 Å². The molecule has 0 saturated heterocycles. The summed E-state index contributed by atoms with van der Waals surface area (Å²) in [6.45, 7) is 3.50. The van der Waals surface area contributed by atoms with E-state index in [0.717, 1.165) is 6.42 Å². The van der Waals surface area contributed by atoms with E-state index in [4.69, 9.17) is 19.5 Å². The van der Waals surface area contributed by atoms with Crippen LogP contribution in [0.1, 0.15) is 29.3 Å². The zero-order valence-electron chi connectivity index (χ0n) is 11.8. The summed E-state index contributed by atoms with van der Waals surface area (Å²) in [5.41, 5.74) is 0.939. The number of nitriles is 1. The van der Waals surface area contributed by atoms with Crippen molar-refractivity contribution < 1.29 is 19.0 Å². The third-order valence-electron chi connectivity index (χ3n) is 2.61. The monoisotopic (exact) mass is 277 g/mol. The van der Waals surface area contributed by atoms with Crippen LogP contribution in [0.5, 0.6) is 5.75 Å². The highest BCUT2D eigenvalue weighted by Gasteiger charge is 2.09. The Hall–Kier alpha value is -1.90. The Bertz CT molecular complexity index is 479. The fraction of sp³-hybridized carbons (Fsp3) is 0.467. The van der Waals surface area contributed by atoms with Crippen LogP contribution in [0, 0.1) is 11.3 Å². The molecule has 5 nitrogen and oxygen atoms in total. The maximum absolute atomic E-state index is 11.5. The highest BCUT2D eigenvalue weighted by Crippen LogP contribution is 2.20. The molecule has 20 heavy (non-hydrogen) atoms. The Morgan fingerprint density at radius 3 is 2.70 bits per heavy atom. The van der Waals surface area contributed by atoms with E-state index in [1.165, 1.54) is 6.92 Å². The van der Waals surface area contributed by atoms with Crippen LogP contribution in [-0.4, -0.2) is 39.3 Å². The Morgan fingerprint density at radius 1 is 1.25 bits per heavy atom. The minimum atomic E-state index is -0.0921. The second-order valence-electron chi connectivity index (χ2n) is 4.19. The van der Waals surface area contributed by atoms with Gasteiger partial charge >= 0.3 is 0 Å². The number of Topliss-reactive ketones (excluding diaryl/α,β-unsaturated/α-hetero) is 1. The Balaban J connectivity index is 2.46. The van der Waals surface area contributed by atoms with E-state index in [1.54, 1.807) is 25.3 Å². The van der Waals surface area contributed by atoms with E-state index >= 15 is 0 Å². The number of ketones is 1. The quantitative estimate of drug-likeness (QED) is 0.511. The smallest absolute Gasteiger partial charge is 0.163 e. The van der Waals surface area contributed by atoms with Crippen LogP contribution in [0.4, 0.5) is 0 Å². The average molecular weight is 277 g/mol. The molecule has 0 atom stereocenters. The minimum Gasteiger partial charge on any atom is -0.490 e. The summed E-state index contributed by atoms with van der Waals surface area (Å²) < 4.78 is 15.8. The van der Waals surface area contributed by atoms with Gasteiger partial charge in [0.1, 0.15) is 12.4 Å². The van der Waals surface area contributed by atoms with Crippen molar-refractivity contribution in [2.24, 2.45) is 0 Å². The Morgan fingerprint density at radius 2 is 2.05 bits per heavy atom. The fourth-order valence-electron chi connectivity index (χ4n) is 1.62. The standard InChI is InChI=1S/C15H19NO4/c1-12(17)14-5-4-13(11-16)10-15(14)20-9-8-19-7-3-6-18-2/h4-5,10H,3,6-9H2,1-2H3. The first-order valence-electron chi connectivity index (χ1n) is 6.43. The molecule has 0 aromatic heterocycles. The molecule has 0 bridgehead atoms. The lowest BCUT2D eigenvalue weighted by molar-refractivity contribution is 0.0799. The molecule has 5 heteroatoms. The van der Waals surface area contributed by atoms with Crippen molar-refractivity contribution in [2.75, 3.05) is 33.5 Å². The predicted octanol–water partition coefficient (Wildman–Crippen LogP) is 2.19. The number of nitrogens with zero attached hydrogens (tertiary/aromatic N) is 1. The number of carbonyl (C=O) groups is 1. The van der Waals surface area contributed by atoms with E-state index in [0.29, 0.717) is 43.3 Å². The highest BCUT2D eigenvalue weighted by molar-refractivity contribution is 5.97. The van der Waals surface area contributed by atoms with Gasteiger partial charge < -0.3 is 14.2 Å². The van der Waals surface area contributed by atoms with Crippen molar-refractivity contribution in [3.05, 3.63) is 29.3 Å². The van der Waals surface area contributed by atoms with Crippen molar-refractivity contribution in [1.29, 1.82) is 5.26 Å².